The fourth-order valence-electron chi connectivity index (χ4n) is 1.12. The minimum Gasteiger partial charge on any atom is -0.371 e. The van der Waals surface area contributed by atoms with E-state index in [1.807, 2.05) is 0 Å². The monoisotopic (exact) mass is 178 g/mol. The van der Waals surface area contributed by atoms with Crippen LogP contribution in [0.15, 0.2) is 6.33 Å². The van der Waals surface area contributed by atoms with Crippen LogP contribution in [-0.4, -0.2) is 34.0 Å². The van der Waals surface area contributed by atoms with Gasteiger partial charge < -0.3 is 15.6 Å². The second-order valence-electron chi connectivity index (χ2n) is 2.50. The highest BCUT2D eigenvalue weighted by molar-refractivity contribution is 5.83. The fraction of sp³-hybridized carbons (Fsp3) is 0.286. The highest BCUT2D eigenvalue weighted by Gasteiger charge is 2.06. The smallest absolute Gasteiger partial charge is 0.226 e. The van der Waals surface area contributed by atoms with Crippen LogP contribution in [0.25, 0.3) is 11.2 Å². The van der Waals surface area contributed by atoms with Crippen molar-refractivity contribution in [1.82, 2.24) is 19.9 Å². The summed E-state index contributed by atoms with van der Waals surface area (Å²) in [7, 11) is 3.58. The molecule has 13 heavy (non-hydrogen) atoms. The lowest BCUT2D eigenvalue weighted by atomic mass is 10.5. The van der Waals surface area contributed by atoms with Crippen LogP contribution in [-0.2, 0) is 0 Å². The van der Waals surface area contributed by atoms with Crippen molar-refractivity contribution in [3.63, 3.8) is 0 Å². The van der Waals surface area contributed by atoms with Crippen molar-refractivity contribution < 1.29 is 0 Å². The van der Waals surface area contributed by atoms with Crippen molar-refractivity contribution in [2.45, 2.75) is 0 Å². The lowest BCUT2D eigenvalue weighted by molar-refractivity contribution is 1.17. The van der Waals surface area contributed by atoms with Crippen LogP contribution in [0.3, 0.4) is 0 Å². The Bertz CT molecular complexity index is 420. The molecule has 0 aliphatic carbocycles. The minimum atomic E-state index is 0.570. The van der Waals surface area contributed by atoms with Gasteiger partial charge in [0.25, 0.3) is 0 Å². The Morgan fingerprint density at radius 2 is 2.08 bits per heavy atom. The van der Waals surface area contributed by atoms with Gasteiger partial charge >= 0.3 is 0 Å². The van der Waals surface area contributed by atoms with Gasteiger partial charge in [-0.15, -0.1) is 0 Å². The van der Waals surface area contributed by atoms with Gasteiger partial charge in [-0.1, -0.05) is 0 Å². The van der Waals surface area contributed by atoms with Gasteiger partial charge in [-0.05, 0) is 0 Å². The molecule has 0 spiro atoms. The first kappa shape index (κ1) is 7.78. The van der Waals surface area contributed by atoms with Crippen LogP contribution in [0.2, 0.25) is 0 Å². The molecule has 0 aliphatic heterocycles. The van der Waals surface area contributed by atoms with Gasteiger partial charge in [-0.2, -0.15) is 9.97 Å². The maximum atomic E-state index is 4.19. The third-order valence-electron chi connectivity index (χ3n) is 1.74. The topological polar surface area (TPSA) is 78.5 Å². The number of fused-ring (bicyclic) bond motifs is 1. The lowest BCUT2D eigenvalue weighted by Gasteiger charge is -2.02. The van der Waals surface area contributed by atoms with Gasteiger partial charge in [0.1, 0.15) is 5.52 Å². The summed E-state index contributed by atoms with van der Waals surface area (Å²) in [4.78, 5) is 15.4. The molecule has 0 aliphatic rings. The minimum absolute atomic E-state index is 0.570. The summed E-state index contributed by atoms with van der Waals surface area (Å²) in [6, 6.07) is 0. The summed E-state index contributed by atoms with van der Waals surface area (Å²) in [5.74, 6) is 1.29. The number of anilines is 2. The number of hydrogen-bond donors (Lipinski definition) is 3. The van der Waals surface area contributed by atoms with Crippen LogP contribution < -0.4 is 10.6 Å². The van der Waals surface area contributed by atoms with E-state index in [0.717, 1.165) is 17.0 Å². The van der Waals surface area contributed by atoms with Gasteiger partial charge in [0.05, 0.1) is 6.33 Å². The summed E-state index contributed by atoms with van der Waals surface area (Å²) in [5.41, 5.74) is 1.48. The highest BCUT2D eigenvalue weighted by Crippen LogP contribution is 2.17. The molecule has 6 nitrogen and oxygen atoms in total. The number of hydrogen-bond acceptors (Lipinski definition) is 5. The molecule has 2 rings (SSSR count). The van der Waals surface area contributed by atoms with Crippen LogP contribution in [0.1, 0.15) is 0 Å². The molecule has 0 saturated carbocycles. The summed E-state index contributed by atoms with van der Waals surface area (Å²) >= 11 is 0. The Labute approximate surface area is 74.8 Å². The molecule has 0 saturated heterocycles. The Balaban J connectivity index is 2.70. The number of imidazole rings is 1. The molecule has 0 aromatic carbocycles. The largest absolute Gasteiger partial charge is 0.371 e. The van der Waals surface area contributed by atoms with E-state index in [4.69, 9.17) is 0 Å². The molecular formula is C7H10N6. The summed E-state index contributed by atoms with van der Waals surface area (Å²) in [6.45, 7) is 0. The van der Waals surface area contributed by atoms with Crippen LogP contribution in [0.5, 0.6) is 0 Å². The van der Waals surface area contributed by atoms with Crippen LogP contribution in [0.4, 0.5) is 11.8 Å². The van der Waals surface area contributed by atoms with E-state index >= 15 is 0 Å². The summed E-state index contributed by atoms with van der Waals surface area (Å²) < 4.78 is 0. The van der Waals surface area contributed by atoms with Crippen molar-refractivity contribution in [1.29, 1.82) is 0 Å². The molecule has 0 radical (unpaired) electrons. The van der Waals surface area contributed by atoms with Gasteiger partial charge in [-0.3, -0.25) is 0 Å². The maximum absolute atomic E-state index is 4.19. The Hall–Kier alpha value is -1.85. The number of aromatic nitrogens is 4. The molecule has 2 aromatic rings. The normalized spacial score (nSPS) is 10.3. The van der Waals surface area contributed by atoms with E-state index < -0.39 is 0 Å². The molecule has 2 heterocycles. The van der Waals surface area contributed by atoms with E-state index in [9.17, 15) is 0 Å². The first-order chi connectivity index (χ1) is 6.35. The molecule has 3 N–H and O–H groups in total. The molecule has 68 valence electrons. The summed E-state index contributed by atoms with van der Waals surface area (Å²) in [5, 5.41) is 5.83. The number of nitrogens with zero attached hydrogens (tertiary/aromatic N) is 3. The van der Waals surface area contributed by atoms with E-state index in [-0.39, 0.29) is 0 Å². The Morgan fingerprint density at radius 1 is 1.23 bits per heavy atom. The van der Waals surface area contributed by atoms with E-state index in [0.29, 0.717) is 5.95 Å². The van der Waals surface area contributed by atoms with Gasteiger partial charge in [0, 0.05) is 14.1 Å². The molecule has 0 amide bonds. The second-order valence-corrected chi connectivity index (χ2v) is 2.50. The Morgan fingerprint density at radius 3 is 2.77 bits per heavy atom. The predicted octanol–water partition coefficient (Wildman–Crippen LogP) is 0.436. The zero-order valence-electron chi connectivity index (χ0n) is 7.42. The van der Waals surface area contributed by atoms with Crippen molar-refractivity contribution in [3.8, 4) is 0 Å². The van der Waals surface area contributed by atoms with Gasteiger partial charge in [0.15, 0.2) is 11.5 Å². The van der Waals surface area contributed by atoms with Crippen molar-refractivity contribution in [2.24, 2.45) is 0 Å². The zero-order valence-corrected chi connectivity index (χ0v) is 7.42. The zero-order chi connectivity index (χ0) is 9.26. The maximum Gasteiger partial charge on any atom is 0.226 e. The van der Waals surface area contributed by atoms with Crippen molar-refractivity contribution in [3.05, 3.63) is 6.33 Å². The molecule has 0 atom stereocenters. The highest BCUT2D eigenvalue weighted by atomic mass is 15.2. The summed E-state index contributed by atoms with van der Waals surface area (Å²) in [6.07, 6.45) is 1.60. The number of rotatable bonds is 2. The first-order valence-electron chi connectivity index (χ1n) is 3.91. The van der Waals surface area contributed by atoms with E-state index in [1.54, 1.807) is 20.4 Å². The van der Waals surface area contributed by atoms with Crippen molar-refractivity contribution in [2.75, 3.05) is 24.7 Å². The van der Waals surface area contributed by atoms with Crippen LogP contribution in [0, 0.1) is 0 Å². The molecule has 6 heteroatoms. The standard InChI is InChI=1S/C7H10N6/c1-8-5-4-6(11-3-10-4)13-7(9-2)12-5/h3H,1-2H3,(H3,8,9,10,11,12,13). The number of nitrogens with one attached hydrogen (secondary N) is 3. The van der Waals surface area contributed by atoms with E-state index in [1.165, 1.54) is 0 Å². The quantitative estimate of drug-likeness (QED) is 0.621. The number of H-pyrrole nitrogens is 1. The van der Waals surface area contributed by atoms with Crippen LogP contribution >= 0.6 is 0 Å². The fourth-order valence-corrected chi connectivity index (χ4v) is 1.12. The molecule has 0 fully saturated rings. The average molecular weight is 178 g/mol. The molecule has 0 unspecified atom stereocenters. The first-order valence-corrected chi connectivity index (χ1v) is 3.91. The molecule has 0 bridgehead atoms. The van der Waals surface area contributed by atoms with Gasteiger partial charge in [0.2, 0.25) is 5.95 Å². The second kappa shape index (κ2) is 2.89. The Kier molecular flexibility index (Phi) is 1.73. The van der Waals surface area contributed by atoms with Gasteiger partial charge in [-0.25, -0.2) is 4.98 Å². The van der Waals surface area contributed by atoms with E-state index in [2.05, 4.69) is 30.6 Å². The average Bonchev–Trinajstić information content (AvgIpc) is 2.63. The van der Waals surface area contributed by atoms with Crippen molar-refractivity contribution >= 4 is 22.9 Å². The predicted molar refractivity (Wildman–Crippen MR) is 50.8 cm³/mol. The number of aromatic amines is 1. The molecular weight excluding hydrogens is 168 g/mol. The lowest BCUT2D eigenvalue weighted by Crippen LogP contribution is -2.01. The third-order valence-corrected chi connectivity index (χ3v) is 1.74. The molecule has 2 aromatic heterocycles. The third kappa shape index (κ3) is 1.16. The SMILES string of the molecule is CNc1nc(NC)c2nc[nH]c2n1.